The first-order chi connectivity index (χ1) is 13.1. The third-order valence-corrected chi connectivity index (χ3v) is 5.60. The zero-order chi connectivity index (χ0) is 18.8. The van der Waals surface area contributed by atoms with Crippen LogP contribution >= 0.6 is 0 Å². The molecule has 2 heterocycles. The first-order valence-electron chi connectivity index (χ1n) is 9.78. The molecule has 2 fully saturated rings. The first-order valence-corrected chi connectivity index (χ1v) is 9.78. The number of hydrogen-bond donors (Lipinski definition) is 1. The number of aromatic nitrogens is 4. The van der Waals surface area contributed by atoms with Crippen molar-refractivity contribution in [1.82, 2.24) is 20.1 Å². The summed E-state index contributed by atoms with van der Waals surface area (Å²) in [6.45, 7) is 0.935. The van der Waals surface area contributed by atoms with Gasteiger partial charge in [0, 0.05) is 43.8 Å². The van der Waals surface area contributed by atoms with Gasteiger partial charge in [0.15, 0.2) is 11.6 Å². The Kier molecular flexibility index (Phi) is 5.36. The number of methoxy groups -OCH3 is 1. The molecule has 2 aliphatic rings. The van der Waals surface area contributed by atoms with Gasteiger partial charge >= 0.3 is 0 Å². The second-order valence-corrected chi connectivity index (χ2v) is 7.81. The van der Waals surface area contributed by atoms with Gasteiger partial charge in [-0.05, 0) is 25.7 Å². The van der Waals surface area contributed by atoms with Crippen LogP contribution in [0, 0.1) is 0 Å². The Morgan fingerprint density at radius 2 is 1.93 bits per heavy atom. The van der Waals surface area contributed by atoms with Gasteiger partial charge in [0.25, 0.3) is 0 Å². The SMILES string of the molecule is COCc1nc(C2CC(N)C2)cc(N(C)Cc2noc(C3CCCC3)n2)n1. The highest BCUT2D eigenvalue weighted by atomic mass is 16.5. The summed E-state index contributed by atoms with van der Waals surface area (Å²) in [7, 11) is 3.64. The van der Waals surface area contributed by atoms with E-state index in [9.17, 15) is 0 Å². The zero-order valence-electron chi connectivity index (χ0n) is 16.1. The fourth-order valence-electron chi connectivity index (χ4n) is 3.97. The van der Waals surface area contributed by atoms with Crippen molar-refractivity contribution in [2.75, 3.05) is 19.1 Å². The lowest BCUT2D eigenvalue weighted by molar-refractivity contribution is 0.177. The summed E-state index contributed by atoms with van der Waals surface area (Å²) in [4.78, 5) is 15.9. The zero-order valence-corrected chi connectivity index (χ0v) is 16.1. The summed E-state index contributed by atoms with van der Waals surface area (Å²) < 4.78 is 10.7. The van der Waals surface area contributed by atoms with Crippen molar-refractivity contribution in [3.05, 3.63) is 29.3 Å². The third kappa shape index (κ3) is 4.11. The summed E-state index contributed by atoms with van der Waals surface area (Å²) in [5.74, 6) is 3.85. The van der Waals surface area contributed by atoms with Gasteiger partial charge in [0.2, 0.25) is 5.89 Å². The lowest BCUT2D eigenvalue weighted by atomic mass is 9.78. The van der Waals surface area contributed by atoms with Crippen LogP contribution in [0.15, 0.2) is 10.6 Å². The van der Waals surface area contributed by atoms with Gasteiger partial charge < -0.3 is 19.9 Å². The molecule has 2 aromatic rings. The minimum atomic E-state index is 0.283. The summed E-state index contributed by atoms with van der Waals surface area (Å²) in [5.41, 5.74) is 6.99. The van der Waals surface area contributed by atoms with Crippen LogP contribution in [-0.2, 0) is 17.9 Å². The molecule has 0 bridgehead atoms. The summed E-state index contributed by atoms with van der Waals surface area (Å²) in [6.07, 6.45) is 6.75. The van der Waals surface area contributed by atoms with E-state index in [1.807, 2.05) is 18.0 Å². The van der Waals surface area contributed by atoms with Crippen molar-refractivity contribution in [1.29, 1.82) is 0 Å². The van der Waals surface area contributed by atoms with Crippen LogP contribution in [-0.4, -0.2) is 40.3 Å². The highest BCUT2D eigenvalue weighted by Crippen LogP contribution is 2.36. The molecule has 0 atom stereocenters. The minimum absolute atomic E-state index is 0.283. The van der Waals surface area contributed by atoms with Crippen molar-refractivity contribution in [2.24, 2.45) is 5.73 Å². The number of rotatable bonds is 7. The highest BCUT2D eigenvalue weighted by Gasteiger charge is 2.29. The molecule has 146 valence electrons. The van der Waals surface area contributed by atoms with Crippen molar-refractivity contribution < 1.29 is 9.26 Å². The molecule has 2 saturated carbocycles. The third-order valence-electron chi connectivity index (χ3n) is 5.60. The normalized spacial score (nSPS) is 22.8. The second kappa shape index (κ2) is 7.90. The molecule has 2 aromatic heterocycles. The van der Waals surface area contributed by atoms with E-state index in [0.717, 1.165) is 43.1 Å². The van der Waals surface area contributed by atoms with Crippen molar-refractivity contribution >= 4 is 5.82 Å². The van der Waals surface area contributed by atoms with E-state index in [2.05, 4.69) is 20.1 Å². The molecule has 27 heavy (non-hydrogen) atoms. The van der Waals surface area contributed by atoms with E-state index in [-0.39, 0.29) is 6.04 Å². The van der Waals surface area contributed by atoms with Crippen LogP contribution in [0.4, 0.5) is 5.82 Å². The van der Waals surface area contributed by atoms with Gasteiger partial charge in [-0.3, -0.25) is 0 Å². The minimum Gasteiger partial charge on any atom is -0.377 e. The quantitative estimate of drug-likeness (QED) is 0.791. The summed E-state index contributed by atoms with van der Waals surface area (Å²) in [5, 5.41) is 4.17. The summed E-state index contributed by atoms with van der Waals surface area (Å²) in [6, 6.07) is 2.33. The van der Waals surface area contributed by atoms with Crippen molar-refractivity contribution in [3.63, 3.8) is 0 Å². The maximum atomic E-state index is 5.95. The number of nitrogens with two attached hydrogens (primary N) is 1. The molecule has 8 nitrogen and oxygen atoms in total. The lowest BCUT2D eigenvalue weighted by Gasteiger charge is -2.32. The molecule has 0 radical (unpaired) electrons. The number of anilines is 1. The monoisotopic (exact) mass is 372 g/mol. The Morgan fingerprint density at radius 3 is 2.63 bits per heavy atom. The molecule has 0 spiro atoms. The molecular weight excluding hydrogens is 344 g/mol. The fraction of sp³-hybridized carbons (Fsp3) is 0.684. The molecule has 0 aromatic carbocycles. The van der Waals surface area contributed by atoms with E-state index in [1.165, 1.54) is 12.8 Å². The Bertz CT molecular complexity index is 767. The Morgan fingerprint density at radius 1 is 1.15 bits per heavy atom. The average Bonchev–Trinajstić information content (AvgIpc) is 3.30. The topological polar surface area (TPSA) is 103 Å². The van der Waals surface area contributed by atoms with E-state index in [1.54, 1.807) is 7.11 Å². The van der Waals surface area contributed by atoms with Gasteiger partial charge in [-0.25, -0.2) is 9.97 Å². The van der Waals surface area contributed by atoms with Crippen LogP contribution in [0.25, 0.3) is 0 Å². The predicted octanol–water partition coefficient (Wildman–Crippen LogP) is 2.50. The Labute approximate surface area is 159 Å². The standard InChI is InChI=1S/C19H28N6O2/c1-25(10-16-23-19(27-24-16)12-5-3-4-6-12)18-9-15(13-7-14(20)8-13)21-17(22-18)11-26-2/h9,12-14H,3-8,10-11,20H2,1-2H3. The maximum absolute atomic E-state index is 5.95. The van der Waals surface area contributed by atoms with Crippen LogP contribution in [0.1, 0.15) is 73.6 Å². The van der Waals surface area contributed by atoms with Crippen LogP contribution in [0.5, 0.6) is 0 Å². The smallest absolute Gasteiger partial charge is 0.229 e. The molecule has 0 saturated heterocycles. The molecule has 0 unspecified atom stereocenters. The van der Waals surface area contributed by atoms with E-state index in [0.29, 0.717) is 36.6 Å². The van der Waals surface area contributed by atoms with Gasteiger partial charge in [-0.1, -0.05) is 18.0 Å². The predicted molar refractivity (Wildman–Crippen MR) is 100 cm³/mol. The average molecular weight is 372 g/mol. The highest BCUT2D eigenvalue weighted by molar-refractivity contribution is 5.40. The van der Waals surface area contributed by atoms with E-state index < -0.39 is 0 Å². The fourth-order valence-corrected chi connectivity index (χ4v) is 3.97. The van der Waals surface area contributed by atoms with Gasteiger partial charge in [0.1, 0.15) is 12.4 Å². The molecular formula is C19H28N6O2. The molecule has 8 heteroatoms. The van der Waals surface area contributed by atoms with Crippen molar-refractivity contribution in [2.45, 2.75) is 69.6 Å². The van der Waals surface area contributed by atoms with E-state index >= 15 is 0 Å². The van der Waals surface area contributed by atoms with Crippen LogP contribution in [0.2, 0.25) is 0 Å². The van der Waals surface area contributed by atoms with E-state index in [4.69, 9.17) is 15.0 Å². The Balaban J connectivity index is 1.49. The largest absolute Gasteiger partial charge is 0.377 e. The summed E-state index contributed by atoms with van der Waals surface area (Å²) >= 11 is 0. The second-order valence-electron chi connectivity index (χ2n) is 7.81. The number of ether oxygens (including phenoxy) is 1. The van der Waals surface area contributed by atoms with Crippen LogP contribution < -0.4 is 10.6 Å². The molecule has 4 rings (SSSR count). The van der Waals surface area contributed by atoms with Gasteiger partial charge in [0.05, 0.1) is 6.54 Å². The Hall–Kier alpha value is -2.06. The van der Waals surface area contributed by atoms with Gasteiger partial charge in [-0.2, -0.15) is 4.98 Å². The molecule has 2 N–H and O–H groups in total. The molecule has 0 aliphatic heterocycles. The van der Waals surface area contributed by atoms with Crippen LogP contribution in [0.3, 0.4) is 0 Å². The number of hydrogen-bond acceptors (Lipinski definition) is 8. The molecule has 2 aliphatic carbocycles. The first kappa shape index (κ1) is 18.3. The number of nitrogens with zero attached hydrogens (tertiary/aromatic N) is 5. The lowest BCUT2D eigenvalue weighted by Crippen LogP contribution is -2.35. The van der Waals surface area contributed by atoms with Crippen molar-refractivity contribution in [3.8, 4) is 0 Å². The molecule has 0 amide bonds. The van der Waals surface area contributed by atoms with Gasteiger partial charge in [-0.15, -0.1) is 0 Å². The maximum Gasteiger partial charge on any atom is 0.229 e.